The molecule has 1 atom stereocenters. The molecule has 0 amide bonds. The van der Waals surface area contributed by atoms with E-state index < -0.39 is 10.1 Å². The van der Waals surface area contributed by atoms with E-state index in [-0.39, 0.29) is 10.8 Å². The fraction of sp³-hybridized carbons (Fsp3) is 0.176. The molecule has 0 saturated heterocycles. The minimum absolute atomic E-state index is 0.106. The van der Waals surface area contributed by atoms with Gasteiger partial charge in [-0.05, 0) is 41.3 Å². The van der Waals surface area contributed by atoms with Crippen LogP contribution in [0.25, 0.3) is 6.08 Å². The minimum atomic E-state index is -4.32. The Labute approximate surface area is 136 Å². The lowest BCUT2D eigenvalue weighted by Gasteiger charge is -2.19. The lowest BCUT2D eigenvalue weighted by Crippen LogP contribution is -2.09. The van der Waals surface area contributed by atoms with Crippen molar-refractivity contribution in [2.45, 2.75) is 24.7 Å². The number of halogens is 1. The quantitative estimate of drug-likeness (QED) is 0.824. The van der Waals surface area contributed by atoms with Crippen molar-refractivity contribution in [2.24, 2.45) is 0 Å². The molecule has 0 spiro atoms. The standard InChI is InChI=1S/C17H17ClO3S/c1-4-13-6-5-7-14(10-13)11(2)17-12(3)15(18)8-9-16(17)22(19,20)21/h4-11H,1H2,2-3H3,(H,19,20,21). The molecule has 5 heteroatoms. The molecule has 0 bridgehead atoms. The van der Waals surface area contributed by atoms with Crippen molar-refractivity contribution in [1.82, 2.24) is 0 Å². The molecule has 1 N–H and O–H groups in total. The molecule has 2 aromatic carbocycles. The van der Waals surface area contributed by atoms with Gasteiger partial charge in [-0.2, -0.15) is 8.42 Å². The summed E-state index contributed by atoms with van der Waals surface area (Å²) in [5.74, 6) is -0.240. The zero-order valence-electron chi connectivity index (χ0n) is 12.4. The normalized spacial score (nSPS) is 12.9. The minimum Gasteiger partial charge on any atom is -0.282 e. The first-order valence-corrected chi connectivity index (χ1v) is 8.56. The van der Waals surface area contributed by atoms with Crippen molar-refractivity contribution < 1.29 is 13.0 Å². The Morgan fingerprint density at radius 3 is 2.55 bits per heavy atom. The van der Waals surface area contributed by atoms with Gasteiger partial charge >= 0.3 is 0 Å². The van der Waals surface area contributed by atoms with Crippen LogP contribution in [-0.2, 0) is 10.1 Å². The monoisotopic (exact) mass is 336 g/mol. The van der Waals surface area contributed by atoms with E-state index in [1.165, 1.54) is 12.1 Å². The summed E-state index contributed by atoms with van der Waals surface area (Å²) in [6.45, 7) is 7.37. The maximum absolute atomic E-state index is 11.7. The fourth-order valence-electron chi connectivity index (χ4n) is 2.56. The SMILES string of the molecule is C=Cc1cccc(C(C)c2c(S(=O)(=O)O)ccc(Cl)c2C)c1. The van der Waals surface area contributed by atoms with Crippen LogP contribution in [0.3, 0.4) is 0 Å². The summed E-state index contributed by atoms with van der Waals surface area (Å²) in [5, 5.41) is 0.467. The maximum atomic E-state index is 11.7. The highest BCUT2D eigenvalue weighted by atomic mass is 35.5. The third-order valence-electron chi connectivity index (χ3n) is 3.77. The van der Waals surface area contributed by atoms with Crippen molar-refractivity contribution in [2.75, 3.05) is 0 Å². The molecule has 0 aliphatic rings. The molecule has 0 fully saturated rings. The highest BCUT2D eigenvalue weighted by molar-refractivity contribution is 7.85. The van der Waals surface area contributed by atoms with E-state index in [9.17, 15) is 13.0 Å². The molecule has 0 radical (unpaired) electrons. The van der Waals surface area contributed by atoms with Gasteiger partial charge in [-0.3, -0.25) is 4.55 Å². The first kappa shape index (κ1) is 16.7. The second kappa shape index (κ2) is 6.24. The molecule has 22 heavy (non-hydrogen) atoms. The zero-order chi connectivity index (χ0) is 16.5. The first-order valence-electron chi connectivity index (χ1n) is 6.74. The number of rotatable bonds is 4. The molecule has 0 heterocycles. The molecule has 3 nitrogen and oxygen atoms in total. The second-order valence-electron chi connectivity index (χ2n) is 5.16. The molecule has 116 valence electrons. The van der Waals surface area contributed by atoms with Gasteiger partial charge in [0.25, 0.3) is 10.1 Å². The van der Waals surface area contributed by atoms with Crippen LogP contribution >= 0.6 is 11.6 Å². The molecular formula is C17H17ClO3S. The van der Waals surface area contributed by atoms with Gasteiger partial charge in [-0.15, -0.1) is 0 Å². The van der Waals surface area contributed by atoms with E-state index in [2.05, 4.69) is 6.58 Å². The van der Waals surface area contributed by atoms with Crippen LogP contribution in [0.4, 0.5) is 0 Å². The molecule has 0 saturated carbocycles. The van der Waals surface area contributed by atoms with Gasteiger partial charge in [0.1, 0.15) is 0 Å². The van der Waals surface area contributed by atoms with Gasteiger partial charge in [0, 0.05) is 10.9 Å². The molecule has 0 aliphatic carbocycles. The Morgan fingerprint density at radius 2 is 1.95 bits per heavy atom. The van der Waals surface area contributed by atoms with Crippen LogP contribution in [0, 0.1) is 6.92 Å². The highest BCUT2D eigenvalue weighted by Gasteiger charge is 2.23. The van der Waals surface area contributed by atoms with E-state index in [0.29, 0.717) is 16.1 Å². The fourth-order valence-corrected chi connectivity index (χ4v) is 3.57. The number of hydrogen-bond donors (Lipinski definition) is 1. The van der Waals surface area contributed by atoms with E-state index in [1.807, 2.05) is 31.2 Å². The predicted octanol–water partition coefficient (Wildman–Crippen LogP) is 4.69. The van der Waals surface area contributed by atoms with Crippen LogP contribution in [0.1, 0.15) is 35.1 Å². The molecule has 0 aliphatic heterocycles. The summed E-state index contributed by atoms with van der Waals surface area (Å²) < 4.78 is 32.8. The maximum Gasteiger partial charge on any atom is 0.294 e. The highest BCUT2D eigenvalue weighted by Crippen LogP contribution is 2.35. The van der Waals surface area contributed by atoms with E-state index in [1.54, 1.807) is 13.0 Å². The Hall–Kier alpha value is -1.62. The van der Waals surface area contributed by atoms with Crippen molar-refractivity contribution in [3.63, 3.8) is 0 Å². The largest absolute Gasteiger partial charge is 0.294 e. The van der Waals surface area contributed by atoms with E-state index >= 15 is 0 Å². The lowest BCUT2D eigenvalue weighted by atomic mass is 9.89. The van der Waals surface area contributed by atoms with Gasteiger partial charge in [-0.25, -0.2) is 0 Å². The van der Waals surface area contributed by atoms with Crippen LogP contribution in [0.5, 0.6) is 0 Å². The zero-order valence-corrected chi connectivity index (χ0v) is 13.9. The van der Waals surface area contributed by atoms with Crippen LogP contribution in [0.15, 0.2) is 47.9 Å². The third-order valence-corrected chi connectivity index (χ3v) is 5.09. The average Bonchev–Trinajstić information content (AvgIpc) is 2.48. The Balaban J connectivity index is 2.69. The lowest BCUT2D eigenvalue weighted by molar-refractivity contribution is 0.481. The topological polar surface area (TPSA) is 54.4 Å². The molecule has 2 aromatic rings. The summed E-state index contributed by atoms with van der Waals surface area (Å²) in [6, 6.07) is 10.5. The summed E-state index contributed by atoms with van der Waals surface area (Å²) in [7, 11) is -4.32. The number of hydrogen-bond acceptors (Lipinski definition) is 2. The first-order chi connectivity index (χ1) is 10.3. The van der Waals surface area contributed by atoms with Crippen molar-refractivity contribution >= 4 is 27.8 Å². The van der Waals surface area contributed by atoms with Gasteiger partial charge in [-0.1, -0.05) is 55.4 Å². The average molecular weight is 337 g/mol. The molecule has 2 rings (SSSR count). The van der Waals surface area contributed by atoms with Crippen LogP contribution in [0.2, 0.25) is 5.02 Å². The second-order valence-corrected chi connectivity index (χ2v) is 6.95. The van der Waals surface area contributed by atoms with Gasteiger partial charge in [0.15, 0.2) is 0 Å². The summed E-state index contributed by atoms with van der Waals surface area (Å²) in [4.78, 5) is -0.106. The van der Waals surface area contributed by atoms with E-state index in [0.717, 1.165) is 11.1 Å². The molecular weight excluding hydrogens is 320 g/mol. The Kier molecular flexibility index (Phi) is 4.75. The summed E-state index contributed by atoms with van der Waals surface area (Å²) >= 11 is 6.13. The van der Waals surface area contributed by atoms with Gasteiger partial charge in [0.05, 0.1) is 4.90 Å². The smallest absolute Gasteiger partial charge is 0.282 e. The Bertz CT molecular complexity index is 826. The number of benzene rings is 2. The van der Waals surface area contributed by atoms with Crippen molar-refractivity contribution in [3.05, 3.63) is 70.3 Å². The van der Waals surface area contributed by atoms with Crippen LogP contribution < -0.4 is 0 Å². The Morgan fingerprint density at radius 1 is 1.27 bits per heavy atom. The third kappa shape index (κ3) is 3.24. The van der Waals surface area contributed by atoms with E-state index in [4.69, 9.17) is 11.6 Å². The summed E-state index contributed by atoms with van der Waals surface area (Å²) in [5.41, 5.74) is 3.02. The van der Waals surface area contributed by atoms with Crippen molar-refractivity contribution in [3.8, 4) is 0 Å². The predicted molar refractivity (Wildman–Crippen MR) is 90.1 cm³/mol. The van der Waals surface area contributed by atoms with Crippen LogP contribution in [-0.4, -0.2) is 13.0 Å². The van der Waals surface area contributed by atoms with Gasteiger partial charge in [0.2, 0.25) is 0 Å². The summed E-state index contributed by atoms with van der Waals surface area (Å²) in [6.07, 6.45) is 1.73. The van der Waals surface area contributed by atoms with Gasteiger partial charge < -0.3 is 0 Å². The molecule has 0 aromatic heterocycles. The molecule has 1 unspecified atom stereocenters. The van der Waals surface area contributed by atoms with Crippen molar-refractivity contribution in [1.29, 1.82) is 0 Å².